The molecule has 6 nitrogen and oxygen atoms in total. The molecule has 2 aromatic carbocycles. The first-order valence-corrected chi connectivity index (χ1v) is 9.49. The van der Waals surface area contributed by atoms with Gasteiger partial charge in [0, 0.05) is 31.8 Å². The first kappa shape index (κ1) is 19.7. The standard InChI is InChI=1S/C22H26N2O4/c1-17-6-3-8-19(14-17)27-13-12-23(2)22(26)16-28-20-9-4-7-18(15-20)24-11-5-10-21(24)25/h3-4,6-9,14-15H,5,10-13,16H2,1-2H3. The van der Waals surface area contributed by atoms with E-state index in [1.54, 1.807) is 29.0 Å². The summed E-state index contributed by atoms with van der Waals surface area (Å²) in [6.07, 6.45) is 1.46. The van der Waals surface area contributed by atoms with Crippen LogP contribution in [0.3, 0.4) is 0 Å². The third kappa shape index (κ3) is 5.25. The van der Waals surface area contributed by atoms with Crippen LogP contribution in [0.25, 0.3) is 0 Å². The predicted octanol–water partition coefficient (Wildman–Crippen LogP) is 3.04. The average molecular weight is 382 g/mol. The molecule has 0 aliphatic carbocycles. The van der Waals surface area contributed by atoms with Gasteiger partial charge >= 0.3 is 0 Å². The number of hydrogen-bond donors (Lipinski definition) is 0. The van der Waals surface area contributed by atoms with Crippen molar-refractivity contribution in [2.24, 2.45) is 0 Å². The molecule has 0 N–H and O–H groups in total. The van der Waals surface area contributed by atoms with Gasteiger partial charge in [0.05, 0.1) is 6.54 Å². The monoisotopic (exact) mass is 382 g/mol. The summed E-state index contributed by atoms with van der Waals surface area (Å²) in [4.78, 5) is 27.5. The molecular formula is C22H26N2O4. The van der Waals surface area contributed by atoms with E-state index in [9.17, 15) is 9.59 Å². The second-order valence-electron chi connectivity index (χ2n) is 6.92. The van der Waals surface area contributed by atoms with E-state index < -0.39 is 0 Å². The van der Waals surface area contributed by atoms with Crippen molar-refractivity contribution in [3.8, 4) is 11.5 Å². The molecule has 3 rings (SSSR count). The summed E-state index contributed by atoms with van der Waals surface area (Å²) in [5.74, 6) is 1.37. The van der Waals surface area contributed by atoms with Gasteiger partial charge in [-0.25, -0.2) is 0 Å². The summed E-state index contributed by atoms with van der Waals surface area (Å²) in [6, 6.07) is 15.1. The number of hydrogen-bond acceptors (Lipinski definition) is 4. The Bertz CT molecular complexity index is 837. The number of amides is 2. The molecule has 1 saturated heterocycles. The lowest BCUT2D eigenvalue weighted by Crippen LogP contribution is -2.34. The van der Waals surface area contributed by atoms with Crippen LogP contribution in [0.4, 0.5) is 5.69 Å². The normalized spacial score (nSPS) is 13.5. The molecule has 1 aliphatic heterocycles. The Labute approximate surface area is 165 Å². The third-order valence-electron chi connectivity index (χ3n) is 4.68. The van der Waals surface area contributed by atoms with Crippen LogP contribution in [-0.2, 0) is 9.59 Å². The van der Waals surface area contributed by atoms with Crippen LogP contribution in [0.1, 0.15) is 18.4 Å². The van der Waals surface area contributed by atoms with Crippen molar-refractivity contribution in [2.45, 2.75) is 19.8 Å². The van der Waals surface area contributed by atoms with E-state index in [0.717, 1.165) is 30.0 Å². The van der Waals surface area contributed by atoms with Gasteiger partial charge in [0.2, 0.25) is 5.91 Å². The molecule has 6 heteroatoms. The average Bonchev–Trinajstić information content (AvgIpc) is 3.12. The minimum absolute atomic E-state index is 0.0572. The van der Waals surface area contributed by atoms with Gasteiger partial charge in [-0.15, -0.1) is 0 Å². The smallest absolute Gasteiger partial charge is 0.260 e. The first-order valence-electron chi connectivity index (χ1n) is 9.49. The molecule has 2 aromatic rings. The summed E-state index contributed by atoms with van der Waals surface area (Å²) in [5, 5.41) is 0. The minimum Gasteiger partial charge on any atom is -0.492 e. The molecule has 0 spiro atoms. The molecule has 0 saturated carbocycles. The van der Waals surface area contributed by atoms with Gasteiger partial charge in [-0.3, -0.25) is 9.59 Å². The molecular weight excluding hydrogens is 356 g/mol. The first-order chi connectivity index (χ1) is 13.5. The van der Waals surface area contributed by atoms with Crippen LogP contribution in [0.2, 0.25) is 0 Å². The van der Waals surface area contributed by atoms with Crippen molar-refractivity contribution in [3.05, 3.63) is 54.1 Å². The van der Waals surface area contributed by atoms with Gasteiger partial charge in [-0.05, 0) is 43.2 Å². The Balaban J connectivity index is 1.45. The van der Waals surface area contributed by atoms with Gasteiger partial charge in [-0.1, -0.05) is 18.2 Å². The van der Waals surface area contributed by atoms with Crippen LogP contribution in [-0.4, -0.2) is 50.1 Å². The van der Waals surface area contributed by atoms with Gasteiger partial charge in [0.25, 0.3) is 5.91 Å². The van der Waals surface area contributed by atoms with Crippen LogP contribution in [0.15, 0.2) is 48.5 Å². The van der Waals surface area contributed by atoms with Gasteiger partial charge in [0.1, 0.15) is 18.1 Å². The van der Waals surface area contributed by atoms with Crippen molar-refractivity contribution in [1.29, 1.82) is 0 Å². The fraction of sp³-hybridized carbons (Fsp3) is 0.364. The number of carbonyl (C=O) groups is 2. The Morgan fingerprint density at radius 1 is 1.11 bits per heavy atom. The molecule has 0 unspecified atom stereocenters. The Morgan fingerprint density at radius 2 is 1.86 bits per heavy atom. The zero-order valence-electron chi connectivity index (χ0n) is 16.4. The number of carbonyl (C=O) groups excluding carboxylic acids is 2. The summed E-state index contributed by atoms with van der Waals surface area (Å²) in [6.45, 7) is 3.56. The molecule has 1 aliphatic rings. The highest BCUT2D eigenvalue weighted by atomic mass is 16.5. The van der Waals surface area contributed by atoms with E-state index in [2.05, 4.69) is 0 Å². The lowest BCUT2D eigenvalue weighted by molar-refractivity contribution is -0.132. The molecule has 2 amide bonds. The molecule has 28 heavy (non-hydrogen) atoms. The van der Waals surface area contributed by atoms with Gasteiger partial charge in [0.15, 0.2) is 6.61 Å². The van der Waals surface area contributed by atoms with E-state index >= 15 is 0 Å². The zero-order valence-corrected chi connectivity index (χ0v) is 16.4. The maximum atomic E-state index is 12.3. The molecule has 0 bridgehead atoms. The Morgan fingerprint density at radius 3 is 2.57 bits per heavy atom. The van der Waals surface area contributed by atoms with E-state index in [1.165, 1.54) is 0 Å². The predicted molar refractivity (Wildman–Crippen MR) is 108 cm³/mol. The fourth-order valence-corrected chi connectivity index (χ4v) is 3.05. The van der Waals surface area contributed by atoms with Crippen LogP contribution in [0.5, 0.6) is 11.5 Å². The highest BCUT2D eigenvalue weighted by Gasteiger charge is 2.22. The number of aryl methyl sites for hydroxylation is 1. The van der Waals surface area contributed by atoms with E-state index in [4.69, 9.17) is 9.47 Å². The number of likely N-dealkylation sites (N-methyl/N-ethyl adjacent to an activating group) is 1. The summed E-state index contributed by atoms with van der Waals surface area (Å²) < 4.78 is 11.3. The molecule has 0 radical (unpaired) electrons. The quantitative estimate of drug-likeness (QED) is 0.704. The summed E-state index contributed by atoms with van der Waals surface area (Å²) >= 11 is 0. The maximum Gasteiger partial charge on any atom is 0.260 e. The maximum absolute atomic E-state index is 12.3. The van der Waals surface area contributed by atoms with Crippen molar-refractivity contribution in [2.75, 3.05) is 38.3 Å². The second kappa shape index (κ2) is 9.26. The summed E-state index contributed by atoms with van der Waals surface area (Å²) in [7, 11) is 1.73. The molecule has 148 valence electrons. The van der Waals surface area contributed by atoms with Crippen LogP contribution >= 0.6 is 0 Å². The van der Waals surface area contributed by atoms with Crippen molar-refractivity contribution in [1.82, 2.24) is 4.90 Å². The SMILES string of the molecule is Cc1cccc(OCCN(C)C(=O)COc2cccc(N3CCCC3=O)c2)c1. The lowest BCUT2D eigenvalue weighted by Gasteiger charge is -2.19. The van der Waals surface area contributed by atoms with Crippen molar-refractivity contribution < 1.29 is 19.1 Å². The molecule has 0 aromatic heterocycles. The largest absolute Gasteiger partial charge is 0.492 e. The van der Waals surface area contributed by atoms with Crippen molar-refractivity contribution >= 4 is 17.5 Å². The molecule has 1 heterocycles. The van der Waals surface area contributed by atoms with E-state index in [1.807, 2.05) is 43.3 Å². The number of benzene rings is 2. The topological polar surface area (TPSA) is 59.1 Å². The second-order valence-corrected chi connectivity index (χ2v) is 6.92. The molecule has 1 fully saturated rings. The van der Waals surface area contributed by atoms with Crippen molar-refractivity contribution in [3.63, 3.8) is 0 Å². The molecule has 0 atom stereocenters. The van der Waals surface area contributed by atoms with Crippen LogP contribution in [0, 0.1) is 6.92 Å². The van der Waals surface area contributed by atoms with Crippen LogP contribution < -0.4 is 14.4 Å². The highest BCUT2D eigenvalue weighted by molar-refractivity contribution is 5.95. The Kier molecular flexibility index (Phi) is 6.53. The third-order valence-corrected chi connectivity index (χ3v) is 4.68. The van der Waals surface area contributed by atoms with E-state index in [-0.39, 0.29) is 18.4 Å². The number of anilines is 1. The number of nitrogens with zero attached hydrogens (tertiary/aromatic N) is 2. The zero-order chi connectivity index (χ0) is 19.9. The Hall–Kier alpha value is -3.02. The van der Waals surface area contributed by atoms with Gasteiger partial charge in [-0.2, -0.15) is 0 Å². The summed E-state index contributed by atoms with van der Waals surface area (Å²) in [5.41, 5.74) is 1.94. The van der Waals surface area contributed by atoms with Gasteiger partial charge < -0.3 is 19.3 Å². The number of ether oxygens (including phenoxy) is 2. The minimum atomic E-state index is -0.129. The lowest BCUT2D eigenvalue weighted by atomic mass is 10.2. The highest BCUT2D eigenvalue weighted by Crippen LogP contribution is 2.25. The van der Waals surface area contributed by atoms with E-state index in [0.29, 0.717) is 25.3 Å². The number of rotatable bonds is 8. The fourth-order valence-electron chi connectivity index (χ4n) is 3.05.